The highest BCUT2D eigenvalue weighted by molar-refractivity contribution is 7.89. The molecule has 2 amide bonds. The molecule has 2 aliphatic rings. The van der Waals surface area contributed by atoms with Crippen LogP contribution in [0.15, 0.2) is 54.6 Å². The molecule has 0 saturated carbocycles. The summed E-state index contributed by atoms with van der Waals surface area (Å²) in [6.45, 7) is 1.43. The van der Waals surface area contributed by atoms with Gasteiger partial charge in [0, 0.05) is 19.6 Å². The molecule has 2 aromatic carbocycles. The number of rotatable bonds is 5. The molecule has 166 valence electrons. The van der Waals surface area contributed by atoms with Crippen molar-refractivity contribution in [2.24, 2.45) is 0 Å². The molecular formula is C22H27N3O5S. The third kappa shape index (κ3) is 5.00. The van der Waals surface area contributed by atoms with Gasteiger partial charge in [-0.15, -0.1) is 0 Å². The van der Waals surface area contributed by atoms with Crippen molar-refractivity contribution in [3.63, 3.8) is 0 Å². The number of carbonyl (C=O) groups excluding carboxylic acids is 1. The first-order valence-corrected chi connectivity index (χ1v) is 11.9. The van der Waals surface area contributed by atoms with Crippen molar-refractivity contribution in [1.29, 1.82) is 0 Å². The molecule has 0 aromatic heterocycles. The van der Waals surface area contributed by atoms with E-state index >= 15 is 0 Å². The number of amides is 2. The highest BCUT2D eigenvalue weighted by Crippen LogP contribution is 2.27. The summed E-state index contributed by atoms with van der Waals surface area (Å²) in [5.41, 5.74) is 1.86. The minimum Gasteiger partial charge on any atom is -0.497 e. The molecule has 2 aliphatic heterocycles. The van der Waals surface area contributed by atoms with Crippen LogP contribution in [0.5, 0.6) is 5.75 Å². The number of ether oxygens (including phenoxy) is 2. The maximum absolute atomic E-state index is 13.0. The third-order valence-corrected chi connectivity index (χ3v) is 7.51. The van der Waals surface area contributed by atoms with Crippen LogP contribution in [0.1, 0.15) is 11.1 Å². The first-order valence-electron chi connectivity index (χ1n) is 10.3. The van der Waals surface area contributed by atoms with Crippen LogP contribution >= 0.6 is 0 Å². The molecule has 0 spiro atoms. The van der Waals surface area contributed by atoms with Crippen LogP contribution in [-0.2, 0) is 27.8 Å². The Morgan fingerprint density at radius 2 is 1.84 bits per heavy atom. The van der Waals surface area contributed by atoms with Crippen molar-refractivity contribution in [2.45, 2.75) is 25.2 Å². The zero-order valence-electron chi connectivity index (χ0n) is 17.4. The second-order valence-corrected chi connectivity index (χ2v) is 9.78. The number of carbonyl (C=O) groups is 1. The smallest absolute Gasteiger partial charge is 0.317 e. The number of methoxy groups -OCH3 is 1. The van der Waals surface area contributed by atoms with Gasteiger partial charge in [0.2, 0.25) is 10.0 Å². The maximum atomic E-state index is 13.0. The lowest BCUT2D eigenvalue weighted by molar-refractivity contribution is 0.0470. The first-order chi connectivity index (χ1) is 15.0. The van der Waals surface area contributed by atoms with E-state index in [0.717, 1.165) is 11.1 Å². The summed E-state index contributed by atoms with van der Waals surface area (Å²) in [7, 11) is -1.92. The Kier molecular flexibility index (Phi) is 6.45. The minimum absolute atomic E-state index is 0.0592. The number of likely N-dealkylation sites (tertiary alicyclic amines) is 1. The van der Waals surface area contributed by atoms with Gasteiger partial charge in [-0.1, -0.05) is 42.5 Å². The Bertz CT molecular complexity index is 998. The Morgan fingerprint density at radius 3 is 2.55 bits per heavy atom. The highest BCUT2D eigenvalue weighted by atomic mass is 32.2. The van der Waals surface area contributed by atoms with E-state index in [1.54, 1.807) is 12.0 Å². The Morgan fingerprint density at radius 1 is 1.10 bits per heavy atom. The molecule has 31 heavy (non-hydrogen) atoms. The van der Waals surface area contributed by atoms with E-state index in [9.17, 15) is 13.2 Å². The summed E-state index contributed by atoms with van der Waals surface area (Å²) >= 11 is 0. The van der Waals surface area contributed by atoms with Crippen LogP contribution in [0, 0.1) is 0 Å². The molecule has 0 radical (unpaired) electrons. The number of nitrogens with one attached hydrogen (secondary N) is 1. The summed E-state index contributed by atoms with van der Waals surface area (Å²) in [5.74, 6) is 0.655. The lowest BCUT2D eigenvalue weighted by atomic mass is 10.1. The number of fused-ring (bicyclic) bond motifs is 1. The fourth-order valence-corrected chi connectivity index (χ4v) is 5.51. The number of urea groups is 1. The molecule has 0 bridgehead atoms. The predicted octanol–water partition coefficient (Wildman–Crippen LogP) is 1.82. The minimum atomic E-state index is -3.51. The van der Waals surface area contributed by atoms with Crippen LogP contribution in [0.25, 0.3) is 0 Å². The van der Waals surface area contributed by atoms with E-state index in [1.165, 1.54) is 4.31 Å². The monoisotopic (exact) mass is 445 g/mol. The predicted molar refractivity (Wildman–Crippen MR) is 116 cm³/mol. The molecule has 4 rings (SSSR count). The molecule has 2 fully saturated rings. The number of benzene rings is 2. The summed E-state index contributed by atoms with van der Waals surface area (Å²) < 4.78 is 38.4. The van der Waals surface area contributed by atoms with Gasteiger partial charge in [0.1, 0.15) is 5.75 Å². The number of hydrogen-bond donors (Lipinski definition) is 1. The molecule has 1 N–H and O–H groups in total. The topological polar surface area (TPSA) is 88.2 Å². The van der Waals surface area contributed by atoms with Gasteiger partial charge in [0.25, 0.3) is 0 Å². The Hall–Kier alpha value is -2.62. The Labute approximate surface area is 182 Å². The van der Waals surface area contributed by atoms with Crippen molar-refractivity contribution >= 4 is 16.1 Å². The summed E-state index contributed by atoms with van der Waals surface area (Å²) in [6.07, 6.45) is -0.349. The normalized spacial score (nSPS) is 23.1. The first kappa shape index (κ1) is 21.6. The van der Waals surface area contributed by atoms with E-state index in [-0.39, 0.29) is 31.0 Å². The van der Waals surface area contributed by atoms with Crippen molar-refractivity contribution in [3.8, 4) is 5.75 Å². The SMILES string of the molecule is COc1ccc(CN2[C@@H]3CN(C(=O)NCc4ccccc4)C[C@@H]3OCCS2(=O)=O)cc1. The zero-order chi connectivity index (χ0) is 21.8. The molecule has 2 heterocycles. The lowest BCUT2D eigenvalue weighted by Gasteiger charge is -2.28. The molecule has 2 aromatic rings. The lowest BCUT2D eigenvalue weighted by Crippen LogP contribution is -2.46. The zero-order valence-corrected chi connectivity index (χ0v) is 18.3. The van der Waals surface area contributed by atoms with E-state index in [4.69, 9.17) is 9.47 Å². The van der Waals surface area contributed by atoms with Gasteiger partial charge in [-0.05, 0) is 23.3 Å². The van der Waals surface area contributed by atoms with Gasteiger partial charge < -0.3 is 19.7 Å². The van der Waals surface area contributed by atoms with Crippen molar-refractivity contribution < 1.29 is 22.7 Å². The average Bonchev–Trinajstić information content (AvgIpc) is 3.15. The fraction of sp³-hybridized carbons (Fsp3) is 0.409. The van der Waals surface area contributed by atoms with Gasteiger partial charge in [0.15, 0.2) is 0 Å². The highest BCUT2D eigenvalue weighted by Gasteiger charge is 2.45. The van der Waals surface area contributed by atoms with Crippen LogP contribution in [0.3, 0.4) is 0 Å². The van der Waals surface area contributed by atoms with Gasteiger partial charge in [-0.2, -0.15) is 4.31 Å². The van der Waals surface area contributed by atoms with Gasteiger partial charge in [-0.25, -0.2) is 13.2 Å². The van der Waals surface area contributed by atoms with Crippen LogP contribution in [0.4, 0.5) is 4.79 Å². The summed E-state index contributed by atoms with van der Waals surface area (Å²) in [5, 5.41) is 2.91. The van der Waals surface area contributed by atoms with Crippen molar-refractivity contribution in [3.05, 3.63) is 65.7 Å². The Balaban J connectivity index is 1.47. The second-order valence-electron chi connectivity index (χ2n) is 7.74. The standard InChI is InChI=1S/C22H27N3O5S/c1-29-19-9-7-18(8-10-19)14-25-20-15-24(16-21(20)30-11-12-31(25,27)28)22(26)23-13-17-5-3-2-4-6-17/h2-10,20-21H,11-16H2,1H3,(H,23,26)/t20-,21+/m1/s1. The molecule has 2 saturated heterocycles. The van der Waals surface area contributed by atoms with Gasteiger partial charge >= 0.3 is 6.03 Å². The number of hydrogen-bond acceptors (Lipinski definition) is 5. The van der Waals surface area contributed by atoms with Gasteiger partial charge in [0.05, 0.1) is 38.2 Å². The molecule has 0 aliphatic carbocycles. The van der Waals surface area contributed by atoms with Crippen molar-refractivity contribution in [2.75, 3.05) is 32.6 Å². The quantitative estimate of drug-likeness (QED) is 0.759. The molecule has 2 atom stereocenters. The maximum Gasteiger partial charge on any atom is 0.317 e. The van der Waals surface area contributed by atoms with Crippen LogP contribution in [-0.4, -0.2) is 68.4 Å². The van der Waals surface area contributed by atoms with Crippen LogP contribution < -0.4 is 10.1 Å². The van der Waals surface area contributed by atoms with E-state index in [1.807, 2.05) is 54.6 Å². The fourth-order valence-electron chi connectivity index (χ4n) is 4.00. The molecule has 8 nitrogen and oxygen atoms in total. The summed E-state index contributed by atoms with van der Waals surface area (Å²) in [4.78, 5) is 14.4. The van der Waals surface area contributed by atoms with Gasteiger partial charge in [-0.3, -0.25) is 0 Å². The average molecular weight is 446 g/mol. The number of sulfonamides is 1. The van der Waals surface area contributed by atoms with E-state index in [0.29, 0.717) is 25.4 Å². The van der Waals surface area contributed by atoms with E-state index < -0.39 is 16.1 Å². The second kappa shape index (κ2) is 9.25. The largest absolute Gasteiger partial charge is 0.497 e. The van der Waals surface area contributed by atoms with Crippen LogP contribution in [0.2, 0.25) is 0 Å². The molecule has 9 heteroatoms. The third-order valence-electron chi connectivity index (χ3n) is 5.71. The van der Waals surface area contributed by atoms with E-state index in [2.05, 4.69) is 5.32 Å². The summed E-state index contributed by atoms with van der Waals surface area (Å²) in [6, 6.07) is 16.4. The van der Waals surface area contributed by atoms with Crippen molar-refractivity contribution in [1.82, 2.24) is 14.5 Å². The molecular weight excluding hydrogens is 418 g/mol. The number of nitrogens with zero attached hydrogens (tertiary/aromatic N) is 2. The molecule has 0 unspecified atom stereocenters.